The Bertz CT molecular complexity index is 284. The Morgan fingerprint density at radius 2 is 2.00 bits per heavy atom. The van der Waals surface area contributed by atoms with Crippen LogP contribution in [0.4, 0.5) is 13.2 Å². The molecule has 0 aliphatic carbocycles. The van der Waals surface area contributed by atoms with E-state index in [1.807, 2.05) is 0 Å². The molecule has 0 amide bonds. The van der Waals surface area contributed by atoms with Crippen molar-refractivity contribution in [3.05, 3.63) is 0 Å². The van der Waals surface area contributed by atoms with Crippen LogP contribution >= 0.6 is 0 Å². The number of alkyl halides is 3. The first kappa shape index (κ1) is 19.0. The fraction of sp³-hybridized carbons (Fsp3) is 0.917. The molecule has 0 saturated heterocycles. The number of ether oxygens (including phenoxy) is 1. The second-order valence-electron chi connectivity index (χ2n) is 5.06. The van der Waals surface area contributed by atoms with Crippen LogP contribution in [0.25, 0.3) is 0 Å². The number of rotatable bonds is 10. The topological polar surface area (TPSA) is 71.1 Å². The predicted octanol–water partition coefficient (Wildman–Crippen LogP) is 2.05. The van der Waals surface area contributed by atoms with E-state index in [1.165, 1.54) is 0 Å². The summed E-state index contributed by atoms with van der Waals surface area (Å²) in [5, 5.41) is 11.4. The highest BCUT2D eigenvalue weighted by atomic mass is 19.4. The van der Waals surface area contributed by atoms with Gasteiger partial charge in [0.2, 0.25) is 0 Å². The molecule has 0 spiro atoms. The van der Waals surface area contributed by atoms with Crippen molar-refractivity contribution >= 4 is 5.84 Å². The van der Waals surface area contributed by atoms with Crippen LogP contribution in [0, 0.1) is 5.92 Å². The van der Waals surface area contributed by atoms with E-state index in [0.29, 0.717) is 31.8 Å². The van der Waals surface area contributed by atoms with Gasteiger partial charge in [0.1, 0.15) is 12.4 Å². The average Bonchev–Trinajstić information content (AvgIpc) is 2.32. The summed E-state index contributed by atoms with van der Waals surface area (Å²) in [4.78, 5) is 2.07. The Morgan fingerprint density at radius 3 is 2.50 bits per heavy atom. The molecule has 0 atom stereocenters. The van der Waals surface area contributed by atoms with E-state index in [2.05, 4.69) is 28.6 Å². The maximum Gasteiger partial charge on any atom is 0.411 e. The van der Waals surface area contributed by atoms with Gasteiger partial charge in [0.05, 0.1) is 0 Å². The van der Waals surface area contributed by atoms with E-state index >= 15 is 0 Å². The van der Waals surface area contributed by atoms with Crippen molar-refractivity contribution in [1.82, 2.24) is 4.90 Å². The SMILES string of the molecule is CC(C)CN(CCCOCC(F)(F)F)CCC(N)=NO. The molecule has 0 bridgehead atoms. The number of nitrogens with two attached hydrogens (primary N) is 1. The lowest BCUT2D eigenvalue weighted by Gasteiger charge is -2.24. The van der Waals surface area contributed by atoms with E-state index in [4.69, 9.17) is 10.9 Å². The number of nitrogens with zero attached hydrogens (tertiary/aromatic N) is 2. The zero-order valence-electron chi connectivity index (χ0n) is 12.0. The molecule has 0 aliphatic heterocycles. The van der Waals surface area contributed by atoms with E-state index in [-0.39, 0.29) is 12.4 Å². The molecule has 0 radical (unpaired) electrons. The van der Waals surface area contributed by atoms with Gasteiger partial charge in [-0.25, -0.2) is 0 Å². The van der Waals surface area contributed by atoms with Crippen molar-refractivity contribution in [2.45, 2.75) is 32.9 Å². The number of amidine groups is 1. The molecular formula is C12H24F3N3O2. The van der Waals surface area contributed by atoms with Gasteiger partial charge in [0, 0.05) is 32.7 Å². The molecule has 0 aliphatic rings. The minimum Gasteiger partial charge on any atom is -0.409 e. The number of hydrogen-bond acceptors (Lipinski definition) is 4. The zero-order valence-corrected chi connectivity index (χ0v) is 12.0. The van der Waals surface area contributed by atoms with Crippen LogP contribution < -0.4 is 5.73 Å². The fourth-order valence-corrected chi connectivity index (χ4v) is 1.71. The highest BCUT2D eigenvalue weighted by Crippen LogP contribution is 2.14. The van der Waals surface area contributed by atoms with Gasteiger partial charge in [-0.2, -0.15) is 13.2 Å². The standard InChI is InChI=1S/C12H24F3N3O2/c1-10(2)8-18(6-4-11(16)17-19)5-3-7-20-9-12(13,14)15/h10,19H,3-9H2,1-2H3,(H2,16,17). The summed E-state index contributed by atoms with van der Waals surface area (Å²) in [5.74, 6) is 0.575. The maximum absolute atomic E-state index is 11.9. The van der Waals surface area contributed by atoms with Crippen LogP contribution in [0.3, 0.4) is 0 Å². The average molecular weight is 299 g/mol. The summed E-state index contributed by atoms with van der Waals surface area (Å²) < 4.78 is 40.2. The van der Waals surface area contributed by atoms with Crippen molar-refractivity contribution in [3.63, 3.8) is 0 Å². The number of hydrogen-bond donors (Lipinski definition) is 2. The van der Waals surface area contributed by atoms with Gasteiger partial charge in [-0.1, -0.05) is 19.0 Å². The summed E-state index contributed by atoms with van der Waals surface area (Å²) >= 11 is 0. The Morgan fingerprint density at radius 1 is 1.35 bits per heavy atom. The van der Waals surface area contributed by atoms with Gasteiger partial charge in [0.25, 0.3) is 0 Å². The highest BCUT2D eigenvalue weighted by molar-refractivity contribution is 5.79. The van der Waals surface area contributed by atoms with Crippen LogP contribution in [-0.2, 0) is 4.74 Å². The smallest absolute Gasteiger partial charge is 0.409 e. The van der Waals surface area contributed by atoms with E-state index in [1.54, 1.807) is 0 Å². The zero-order chi connectivity index (χ0) is 15.6. The van der Waals surface area contributed by atoms with Crippen LogP contribution in [0.15, 0.2) is 5.16 Å². The van der Waals surface area contributed by atoms with Gasteiger partial charge in [-0.05, 0) is 12.3 Å². The monoisotopic (exact) mass is 299 g/mol. The van der Waals surface area contributed by atoms with E-state index < -0.39 is 12.8 Å². The summed E-state index contributed by atoms with van der Waals surface area (Å²) in [6.07, 6.45) is -3.34. The molecule has 0 heterocycles. The first-order valence-electron chi connectivity index (χ1n) is 6.58. The molecule has 5 nitrogen and oxygen atoms in total. The summed E-state index contributed by atoms with van der Waals surface area (Å²) in [5.41, 5.74) is 5.40. The number of oxime groups is 1. The Labute approximate surface area is 117 Å². The van der Waals surface area contributed by atoms with Gasteiger partial charge in [-0.15, -0.1) is 0 Å². The molecular weight excluding hydrogens is 275 g/mol. The minimum absolute atomic E-state index is 0.0671. The van der Waals surface area contributed by atoms with Gasteiger partial charge in [0.15, 0.2) is 0 Å². The maximum atomic E-state index is 11.9. The first-order chi connectivity index (χ1) is 9.24. The normalized spacial score (nSPS) is 13.4. The molecule has 3 N–H and O–H groups in total. The molecule has 120 valence electrons. The molecule has 0 saturated carbocycles. The van der Waals surface area contributed by atoms with Crippen molar-refractivity contribution in [1.29, 1.82) is 0 Å². The van der Waals surface area contributed by atoms with E-state index in [0.717, 1.165) is 6.54 Å². The second kappa shape index (κ2) is 9.82. The van der Waals surface area contributed by atoms with E-state index in [9.17, 15) is 13.2 Å². The summed E-state index contributed by atoms with van der Waals surface area (Å²) in [6.45, 7) is 4.99. The molecule has 20 heavy (non-hydrogen) atoms. The van der Waals surface area contributed by atoms with Gasteiger partial charge in [-0.3, -0.25) is 0 Å². The lowest BCUT2D eigenvalue weighted by atomic mass is 10.2. The highest BCUT2D eigenvalue weighted by Gasteiger charge is 2.27. The molecule has 0 aromatic rings. The lowest BCUT2D eigenvalue weighted by molar-refractivity contribution is -0.174. The molecule has 0 aromatic heterocycles. The molecule has 0 rings (SSSR count). The van der Waals surface area contributed by atoms with Crippen molar-refractivity contribution in [2.24, 2.45) is 16.8 Å². The molecule has 0 fully saturated rings. The van der Waals surface area contributed by atoms with Crippen LogP contribution in [0.1, 0.15) is 26.7 Å². The van der Waals surface area contributed by atoms with Crippen LogP contribution in [-0.4, -0.2) is 55.0 Å². The number of halogens is 3. The minimum atomic E-state index is -4.27. The Balaban J connectivity index is 3.92. The van der Waals surface area contributed by atoms with Crippen molar-refractivity contribution in [2.75, 3.05) is 32.8 Å². The van der Waals surface area contributed by atoms with Crippen LogP contribution in [0.2, 0.25) is 0 Å². The second-order valence-corrected chi connectivity index (χ2v) is 5.06. The third kappa shape index (κ3) is 12.0. The Kier molecular flexibility index (Phi) is 9.32. The van der Waals surface area contributed by atoms with Gasteiger partial charge < -0.3 is 20.6 Å². The molecule has 8 heteroatoms. The first-order valence-corrected chi connectivity index (χ1v) is 6.58. The molecule has 0 aromatic carbocycles. The third-order valence-electron chi connectivity index (χ3n) is 2.46. The third-order valence-corrected chi connectivity index (χ3v) is 2.46. The largest absolute Gasteiger partial charge is 0.411 e. The Hall–Kier alpha value is -1.02. The summed E-state index contributed by atoms with van der Waals surface area (Å²) in [7, 11) is 0. The fourth-order valence-electron chi connectivity index (χ4n) is 1.71. The van der Waals surface area contributed by atoms with Crippen molar-refractivity contribution in [3.8, 4) is 0 Å². The lowest BCUT2D eigenvalue weighted by Crippen LogP contribution is -2.33. The van der Waals surface area contributed by atoms with Crippen molar-refractivity contribution < 1.29 is 23.1 Å². The summed E-state index contributed by atoms with van der Waals surface area (Å²) in [6, 6.07) is 0. The van der Waals surface area contributed by atoms with Crippen LogP contribution in [0.5, 0.6) is 0 Å². The molecule has 0 unspecified atom stereocenters. The predicted molar refractivity (Wildman–Crippen MR) is 70.8 cm³/mol. The van der Waals surface area contributed by atoms with Gasteiger partial charge >= 0.3 is 6.18 Å². The quantitative estimate of drug-likeness (QED) is 0.213.